The summed E-state index contributed by atoms with van der Waals surface area (Å²) in [5.41, 5.74) is -0.0561. The van der Waals surface area contributed by atoms with Crippen molar-refractivity contribution in [1.29, 1.82) is 0 Å². The van der Waals surface area contributed by atoms with Crippen LogP contribution in [0.2, 0.25) is 5.02 Å². The van der Waals surface area contributed by atoms with Crippen LogP contribution < -0.4 is 0 Å². The van der Waals surface area contributed by atoms with Gasteiger partial charge in [-0.05, 0) is 24.2 Å². The summed E-state index contributed by atoms with van der Waals surface area (Å²) in [7, 11) is 0. The molecular formula is C8H5Cl. The molecule has 1 rings (SSSR count). The Labute approximate surface area is 65.1 Å². The number of halogens is 1. The van der Waals surface area contributed by atoms with Crippen LogP contribution in [0.5, 0.6) is 0 Å². The van der Waals surface area contributed by atoms with Crippen LogP contribution >= 0.6 is 11.6 Å². The van der Waals surface area contributed by atoms with Gasteiger partial charge in [0.25, 0.3) is 0 Å². The first-order chi connectivity index (χ1) is 6.00. The van der Waals surface area contributed by atoms with Gasteiger partial charge in [-0.15, -0.1) is 6.42 Å². The zero-order chi connectivity index (χ0) is 10.2. The third-order valence-electron chi connectivity index (χ3n) is 0.739. The Morgan fingerprint density at radius 2 is 2.00 bits per heavy atom. The highest BCUT2D eigenvalue weighted by atomic mass is 35.5. The van der Waals surface area contributed by atoms with Gasteiger partial charge in [-0.3, -0.25) is 0 Å². The molecule has 0 amide bonds. The van der Waals surface area contributed by atoms with E-state index in [1.165, 1.54) is 0 Å². The Morgan fingerprint density at radius 1 is 1.44 bits per heavy atom. The lowest BCUT2D eigenvalue weighted by Crippen LogP contribution is -1.69. The molecule has 9 heavy (non-hydrogen) atoms. The summed E-state index contributed by atoms with van der Waals surface area (Å²) < 4.78 is 29.3. The van der Waals surface area contributed by atoms with Crippen LogP contribution in [0.25, 0.3) is 0 Å². The fraction of sp³-hybridized carbons (Fsp3) is 0. The van der Waals surface area contributed by atoms with Crippen LogP contribution in [0, 0.1) is 12.3 Å². The van der Waals surface area contributed by atoms with Crippen molar-refractivity contribution in [2.45, 2.75) is 0 Å². The lowest BCUT2D eigenvalue weighted by atomic mass is 10.2. The van der Waals surface area contributed by atoms with E-state index in [9.17, 15) is 0 Å². The van der Waals surface area contributed by atoms with E-state index in [2.05, 4.69) is 5.92 Å². The molecule has 0 unspecified atom stereocenters. The van der Waals surface area contributed by atoms with E-state index in [1.807, 2.05) is 0 Å². The highest BCUT2D eigenvalue weighted by Gasteiger charge is 1.84. The zero-order valence-corrected chi connectivity index (χ0v) is 5.21. The third-order valence-corrected chi connectivity index (χ3v) is 0.928. The average Bonchev–Trinajstić information content (AvgIpc) is 2.13. The molecule has 0 nitrogen and oxygen atoms in total. The molecule has 0 saturated carbocycles. The first-order valence-corrected chi connectivity index (χ1v) is 2.61. The molecule has 0 radical (unpaired) electrons. The lowest BCUT2D eigenvalue weighted by Gasteiger charge is -1.87. The van der Waals surface area contributed by atoms with Gasteiger partial charge in [-0.2, -0.15) is 0 Å². The molecule has 0 aliphatic heterocycles. The van der Waals surface area contributed by atoms with Gasteiger partial charge in [-0.25, -0.2) is 0 Å². The largest absolute Gasteiger partial charge is 0.115 e. The average molecular weight is 141 g/mol. The molecular weight excluding hydrogens is 132 g/mol. The van der Waals surface area contributed by atoms with Crippen LogP contribution in [0.1, 0.15) is 11.0 Å². The zero-order valence-electron chi connectivity index (χ0n) is 8.46. The standard InChI is InChI=1S/C8H5Cl/c1-2-7-3-5-8(9)6-4-7/h1,3-6H/i3D,4D,5D,6D. The summed E-state index contributed by atoms with van der Waals surface area (Å²) in [6.07, 6.45) is 5.04. The van der Waals surface area contributed by atoms with Gasteiger partial charge < -0.3 is 0 Å². The molecule has 1 aromatic rings. The fourth-order valence-corrected chi connectivity index (χ4v) is 0.464. The summed E-state index contributed by atoms with van der Waals surface area (Å²) in [5, 5.41) is -0.200. The van der Waals surface area contributed by atoms with Crippen LogP contribution in [0.4, 0.5) is 0 Å². The summed E-state index contributed by atoms with van der Waals surface area (Å²) in [6, 6.07) is -1.13. The fourth-order valence-electron chi connectivity index (χ4n) is 0.369. The number of benzene rings is 1. The Balaban J connectivity index is 3.69. The van der Waals surface area contributed by atoms with Gasteiger partial charge in [0.2, 0.25) is 0 Å². The summed E-state index contributed by atoms with van der Waals surface area (Å²) >= 11 is 5.53. The van der Waals surface area contributed by atoms with E-state index in [1.54, 1.807) is 0 Å². The van der Waals surface area contributed by atoms with Crippen molar-refractivity contribution in [3.8, 4) is 12.3 Å². The topological polar surface area (TPSA) is 0 Å². The Hall–Kier alpha value is -0.930. The minimum atomic E-state index is -0.296. The molecule has 0 atom stereocenters. The van der Waals surface area contributed by atoms with Gasteiger partial charge in [0.05, 0.1) is 5.48 Å². The van der Waals surface area contributed by atoms with Crippen molar-refractivity contribution < 1.29 is 5.48 Å². The van der Waals surface area contributed by atoms with Gasteiger partial charge in [0.1, 0.15) is 0 Å². The molecule has 1 aromatic carbocycles. The van der Waals surface area contributed by atoms with Crippen molar-refractivity contribution >= 4 is 11.6 Å². The summed E-state index contributed by atoms with van der Waals surface area (Å²) in [6.45, 7) is 0. The highest BCUT2D eigenvalue weighted by Crippen LogP contribution is 2.07. The first kappa shape index (κ1) is 2.77. The monoisotopic (exact) mass is 140 g/mol. The first-order valence-electron chi connectivity index (χ1n) is 4.23. The normalized spacial score (nSPS) is 14.7. The van der Waals surface area contributed by atoms with Crippen LogP contribution in [0.15, 0.2) is 24.2 Å². The van der Waals surface area contributed by atoms with Gasteiger partial charge in [0.15, 0.2) is 0 Å². The number of rotatable bonds is 0. The van der Waals surface area contributed by atoms with Gasteiger partial charge >= 0.3 is 0 Å². The SMILES string of the molecule is [2H]c1c([2H])c(C#C)c([2H])c([2H])c1Cl. The quantitative estimate of drug-likeness (QED) is 0.486. The number of terminal acetylenes is 1. The molecule has 0 spiro atoms. The number of hydrogen-bond donors (Lipinski definition) is 0. The third kappa shape index (κ3) is 1.48. The Kier molecular flexibility index (Phi) is 0.790. The predicted octanol–water partition coefficient (Wildman–Crippen LogP) is 2.32. The van der Waals surface area contributed by atoms with Gasteiger partial charge in [-0.1, -0.05) is 17.5 Å². The molecule has 0 aromatic heterocycles. The predicted molar refractivity (Wildman–Crippen MR) is 39.4 cm³/mol. The second-order valence-corrected chi connectivity index (χ2v) is 1.71. The second-order valence-electron chi connectivity index (χ2n) is 1.33. The molecule has 0 aliphatic carbocycles. The van der Waals surface area contributed by atoms with Crippen molar-refractivity contribution in [1.82, 2.24) is 0 Å². The maximum atomic E-state index is 7.36. The Morgan fingerprint density at radius 3 is 2.44 bits per heavy atom. The van der Waals surface area contributed by atoms with Crippen molar-refractivity contribution in [3.63, 3.8) is 0 Å². The van der Waals surface area contributed by atoms with Crippen LogP contribution in [-0.4, -0.2) is 0 Å². The molecule has 1 heteroatoms. The van der Waals surface area contributed by atoms with E-state index in [4.69, 9.17) is 23.5 Å². The lowest BCUT2D eigenvalue weighted by molar-refractivity contribution is 1.65. The van der Waals surface area contributed by atoms with Crippen LogP contribution in [0.3, 0.4) is 0 Å². The smallest absolute Gasteiger partial charge is 0.0639 e. The maximum Gasteiger partial charge on any atom is 0.0639 e. The van der Waals surface area contributed by atoms with E-state index in [0.717, 1.165) is 0 Å². The van der Waals surface area contributed by atoms with Crippen molar-refractivity contribution in [3.05, 3.63) is 34.8 Å². The van der Waals surface area contributed by atoms with E-state index in [0.29, 0.717) is 0 Å². The molecule has 0 N–H and O–H groups in total. The summed E-state index contributed by atoms with van der Waals surface area (Å²) in [5.74, 6) is 2.10. The van der Waals surface area contributed by atoms with Crippen molar-refractivity contribution in [2.24, 2.45) is 0 Å². The minimum absolute atomic E-state index is 0.0561. The highest BCUT2D eigenvalue weighted by molar-refractivity contribution is 6.30. The molecule has 0 heterocycles. The van der Waals surface area contributed by atoms with Crippen molar-refractivity contribution in [2.75, 3.05) is 0 Å². The minimum Gasteiger partial charge on any atom is -0.115 e. The molecule has 0 aliphatic rings. The second kappa shape index (κ2) is 2.57. The molecule has 44 valence electrons. The van der Waals surface area contributed by atoms with Crippen LogP contribution in [-0.2, 0) is 0 Å². The molecule has 0 fully saturated rings. The van der Waals surface area contributed by atoms with E-state index < -0.39 is 0 Å². The molecule has 0 bridgehead atoms. The Bertz CT molecular complexity index is 377. The number of hydrogen-bond acceptors (Lipinski definition) is 0. The van der Waals surface area contributed by atoms with Gasteiger partial charge in [0, 0.05) is 10.6 Å². The summed E-state index contributed by atoms with van der Waals surface area (Å²) in [4.78, 5) is 0. The molecule has 0 saturated heterocycles. The van der Waals surface area contributed by atoms with E-state index >= 15 is 0 Å². The maximum absolute atomic E-state index is 7.36. The van der Waals surface area contributed by atoms with E-state index in [-0.39, 0.29) is 34.8 Å².